The number of likely N-dealkylation sites (tertiary alicyclic amines) is 1. The van der Waals surface area contributed by atoms with Crippen LogP contribution in [0.1, 0.15) is 56.5 Å². The van der Waals surface area contributed by atoms with Crippen molar-refractivity contribution in [2.75, 3.05) is 6.54 Å². The van der Waals surface area contributed by atoms with Crippen molar-refractivity contribution in [1.29, 1.82) is 0 Å². The molecular formula is C29H36N4O7. The summed E-state index contributed by atoms with van der Waals surface area (Å²) in [6, 6.07) is 14.3. The summed E-state index contributed by atoms with van der Waals surface area (Å²) in [6.07, 6.45) is 0.351. The van der Waals surface area contributed by atoms with Crippen molar-refractivity contribution in [3.05, 3.63) is 71.8 Å². The highest BCUT2D eigenvalue weighted by atomic mass is 16.7. The Labute approximate surface area is 233 Å². The molecule has 214 valence electrons. The lowest BCUT2D eigenvalue weighted by Crippen LogP contribution is -2.56. The number of amides is 4. The second-order valence-corrected chi connectivity index (χ2v) is 10.5. The third-order valence-corrected chi connectivity index (χ3v) is 6.11. The molecule has 1 heterocycles. The van der Waals surface area contributed by atoms with E-state index in [1.54, 1.807) is 75.4 Å². The molecule has 40 heavy (non-hydrogen) atoms. The Morgan fingerprint density at radius 2 is 1.57 bits per heavy atom. The van der Waals surface area contributed by atoms with Gasteiger partial charge in [0.1, 0.15) is 23.7 Å². The Morgan fingerprint density at radius 3 is 2.20 bits per heavy atom. The van der Waals surface area contributed by atoms with E-state index in [0.717, 1.165) is 5.56 Å². The van der Waals surface area contributed by atoms with E-state index < -0.39 is 53.5 Å². The summed E-state index contributed by atoms with van der Waals surface area (Å²) in [6.45, 7) is 6.98. The van der Waals surface area contributed by atoms with Crippen LogP contribution in [0.15, 0.2) is 60.7 Å². The summed E-state index contributed by atoms with van der Waals surface area (Å²) in [7, 11) is 0. The monoisotopic (exact) mass is 552 g/mol. The second-order valence-electron chi connectivity index (χ2n) is 10.5. The molecule has 0 saturated carbocycles. The number of rotatable bonds is 8. The number of benzene rings is 2. The summed E-state index contributed by atoms with van der Waals surface area (Å²) in [5.41, 5.74) is 2.44. The molecule has 11 nitrogen and oxygen atoms in total. The van der Waals surface area contributed by atoms with E-state index in [0.29, 0.717) is 19.4 Å². The first-order valence-electron chi connectivity index (χ1n) is 13.1. The molecule has 0 aliphatic carbocycles. The number of alkyl carbamates (subject to hydrolysis) is 1. The standard InChI is InChI=1S/C29H36N4O7/c1-19(30-28(38)39-29(2,3)4)26(36)33-17-11-16-23(33)25(35)31-22(18-20-12-7-5-8-13-20)24(34)32-40-27(37)21-14-9-6-10-15-21/h5-10,12-15,19,22-23H,11,16-18H2,1-4H3,(H,30,38)(H,31,35)(H,32,34)/t19-,22-,23-/m0/s1. The average Bonchev–Trinajstić information content (AvgIpc) is 3.41. The fourth-order valence-corrected chi connectivity index (χ4v) is 4.23. The van der Waals surface area contributed by atoms with E-state index >= 15 is 0 Å². The number of hydrogen-bond acceptors (Lipinski definition) is 7. The molecule has 0 unspecified atom stereocenters. The van der Waals surface area contributed by atoms with Gasteiger partial charge in [0.25, 0.3) is 5.91 Å². The fourth-order valence-electron chi connectivity index (χ4n) is 4.23. The second kappa shape index (κ2) is 13.6. The van der Waals surface area contributed by atoms with Crippen LogP contribution in [0, 0.1) is 0 Å². The van der Waals surface area contributed by atoms with E-state index in [4.69, 9.17) is 9.57 Å². The summed E-state index contributed by atoms with van der Waals surface area (Å²) >= 11 is 0. The lowest BCUT2D eigenvalue weighted by atomic mass is 10.0. The van der Waals surface area contributed by atoms with Gasteiger partial charge in [-0.1, -0.05) is 48.5 Å². The van der Waals surface area contributed by atoms with Gasteiger partial charge in [0, 0.05) is 13.0 Å². The number of nitrogens with zero attached hydrogens (tertiary/aromatic N) is 1. The Bertz CT molecular complexity index is 1200. The Kier molecular flexibility index (Phi) is 10.2. The maximum atomic E-state index is 13.4. The number of carbonyl (C=O) groups excluding carboxylic acids is 5. The van der Waals surface area contributed by atoms with Crippen LogP contribution < -0.4 is 16.1 Å². The van der Waals surface area contributed by atoms with Gasteiger partial charge in [-0.05, 0) is 58.2 Å². The zero-order valence-electron chi connectivity index (χ0n) is 23.1. The number of hydroxylamine groups is 1. The molecule has 0 spiro atoms. The fraction of sp³-hybridized carbons (Fsp3) is 0.414. The number of nitrogens with one attached hydrogen (secondary N) is 3. The van der Waals surface area contributed by atoms with Crippen molar-refractivity contribution in [3.63, 3.8) is 0 Å². The van der Waals surface area contributed by atoms with Gasteiger partial charge in [-0.15, -0.1) is 0 Å². The topological polar surface area (TPSA) is 143 Å². The van der Waals surface area contributed by atoms with Crippen LogP contribution in [-0.4, -0.2) is 65.0 Å². The molecule has 3 atom stereocenters. The van der Waals surface area contributed by atoms with Gasteiger partial charge >= 0.3 is 12.1 Å². The van der Waals surface area contributed by atoms with Crippen LogP contribution in [0.5, 0.6) is 0 Å². The van der Waals surface area contributed by atoms with E-state index in [-0.39, 0.29) is 12.0 Å². The highest BCUT2D eigenvalue weighted by Gasteiger charge is 2.38. The highest BCUT2D eigenvalue weighted by molar-refractivity contribution is 5.95. The van der Waals surface area contributed by atoms with Crippen LogP contribution in [0.4, 0.5) is 4.79 Å². The molecule has 1 aliphatic rings. The molecule has 11 heteroatoms. The molecule has 1 saturated heterocycles. The number of ether oxygens (including phenoxy) is 1. The minimum Gasteiger partial charge on any atom is -0.444 e. The van der Waals surface area contributed by atoms with Gasteiger partial charge in [0.05, 0.1) is 5.56 Å². The summed E-state index contributed by atoms with van der Waals surface area (Å²) in [5, 5.41) is 5.23. The first kappa shape index (κ1) is 30.1. The van der Waals surface area contributed by atoms with Gasteiger partial charge in [0.15, 0.2) is 0 Å². The molecular weight excluding hydrogens is 516 g/mol. The summed E-state index contributed by atoms with van der Waals surface area (Å²) in [5.74, 6) is -2.44. The van der Waals surface area contributed by atoms with Crippen molar-refractivity contribution < 1.29 is 33.5 Å². The van der Waals surface area contributed by atoms with Crippen LogP contribution in [0.25, 0.3) is 0 Å². The van der Waals surface area contributed by atoms with Crippen LogP contribution in [0.2, 0.25) is 0 Å². The molecule has 0 bridgehead atoms. The van der Waals surface area contributed by atoms with Crippen molar-refractivity contribution >= 4 is 29.8 Å². The smallest absolute Gasteiger partial charge is 0.408 e. The van der Waals surface area contributed by atoms with E-state index in [2.05, 4.69) is 16.1 Å². The number of carbonyl (C=O) groups is 5. The lowest BCUT2D eigenvalue weighted by Gasteiger charge is -2.29. The van der Waals surface area contributed by atoms with Crippen molar-refractivity contribution in [3.8, 4) is 0 Å². The predicted octanol–water partition coefficient (Wildman–Crippen LogP) is 2.51. The molecule has 1 fully saturated rings. The van der Waals surface area contributed by atoms with Crippen molar-refractivity contribution in [1.82, 2.24) is 21.0 Å². The lowest BCUT2D eigenvalue weighted by molar-refractivity contribution is -0.141. The molecule has 4 amide bonds. The van der Waals surface area contributed by atoms with E-state index in [9.17, 15) is 24.0 Å². The molecule has 0 radical (unpaired) electrons. The third kappa shape index (κ3) is 8.82. The maximum Gasteiger partial charge on any atom is 0.408 e. The largest absolute Gasteiger partial charge is 0.444 e. The van der Waals surface area contributed by atoms with Gasteiger partial charge in [-0.2, -0.15) is 5.48 Å². The zero-order chi connectivity index (χ0) is 29.3. The third-order valence-electron chi connectivity index (χ3n) is 6.11. The van der Waals surface area contributed by atoms with Crippen LogP contribution >= 0.6 is 0 Å². The molecule has 0 aromatic heterocycles. The molecule has 2 aromatic rings. The van der Waals surface area contributed by atoms with Gasteiger partial charge in [-0.25, -0.2) is 9.59 Å². The molecule has 1 aliphatic heterocycles. The first-order chi connectivity index (χ1) is 18.9. The SMILES string of the molecule is C[C@H](NC(=O)OC(C)(C)C)C(=O)N1CCC[C@H]1C(=O)N[C@@H](Cc1ccccc1)C(=O)NOC(=O)c1ccccc1. The first-order valence-corrected chi connectivity index (χ1v) is 13.1. The van der Waals surface area contributed by atoms with Gasteiger partial charge in [0.2, 0.25) is 11.8 Å². The average molecular weight is 553 g/mol. The van der Waals surface area contributed by atoms with Crippen LogP contribution in [0.3, 0.4) is 0 Å². The summed E-state index contributed by atoms with van der Waals surface area (Å²) in [4.78, 5) is 70.3. The van der Waals surface area contributed by atoms with Gasteiger partial charge < -0.3 is 25.1 Å². The highest BCUT2D eigenvalue weighted by Crippen LogP contribution is 2.19. The predicted molar refractivity (Wildman–Crippen MR) is 146 cm³/mol. The zero-order valence-corrected chi connectivity index (χ0v) is 23.1. The quantitative estimate of drug-likeness (QED) is 0.427. The Hall–Kier alpha value is -4.41. The summed E-state index contributed by atoms with van der Waals surface area (Å²) < 4.78 is 5.22. The molecule has 3 rings (SSSR count). The molecule has 3 N–H and O–H groups in total. The minimum absolute atomic E-state index is 0.124. The van der Waals surface area contributed by atoms with E-state index in [1.165, 1.54) is 11.8 Å². The molecule has 2 aromatic carbocycles. The minimum atomic E-state index is -1.09. The Balaban J connectivity index is 1.67. The number of hydrogen-bond donors (Lipinski definition) is 3. The van der Waals surface area contributed by atoms with Gasteiger partial charge in [-0.3, -0.25) is 14.4 Å². The van der Waals surface area contributed by atoms with E-state index in [1.807, 2.05) is 6.07 Å². The van der Waals surface area contributed by atoms with Crippen molar-refractivity contribution in [2.45, 2.75) is 70.7 Å². The Morgan fingerprint density at radius 1 is 0.950 bits per heavy atom. The maximum absolute atomic E-state index is 13.4. The van der Waals surface area contributed by atoms with Crippen molar-refractivity contribution in [2.24, 2.45) is 0 Å². The van der Waals surface area contributed by atoms with Crippen LogP contribution in [-0.2, 0) is 30.4 Å². The normalized spacial score (nSPS) is 16.3.